The van der Waals surface area contributed by atoms with Gasteiger partial charge in [0.1, 0.15) is 0 Å². The molecule has 0 heterocycles. The number of carbonyl (C=O) groups excluding carboxylic acids is 2. The van der Waals surface area contributed by atoms with Gasteiger partial charge in [0.25, 0.3) is 0 Å². The molecule has 0 rings (SSSR count). The lowest BCUT2D eigenvalue weighted by Crippen LogP contribution is -2.41. The SMILES string of the molecule is CC(C)(C)C(=O)C(=O)C(C)(C)C.CC(C)(C)C(C)(C)C(C)(C)C. The van der Waals surface area contributed by atoms with Gasteiger partial charge >= 0.3 is 0 Å². The van der Waals surface area contributed by atoms with Gasteiger partial charge < -0.3 is 0 Å². The molecule has 138 valence electrons. The van der Waals surface area contributed by atoms with Gasteiger partial charge in [-0.1, -0.05) is 96.9 Å². The highest BCUT2D eigenvalue weighted by Gasteiger charge is 2.42. The minimum atomic E-state index is -0.551. The minimum Gasteiger partial charge on any atom is -0.290 e. The number of ketones is 2. The van der Waals surface area contributed by atoms with Crippen molar-refractivity contribution in [3.8, 4) is 0 Å². The molecule has 0 N–H and O–H groups in total. The van der Waals surface area contributed by atoms with Gasteiger partial charge in [-0.15, -0.1) is 0 Å². The minimum absolute atomic E-state index is 0.282. The molecule has 0 fully saturated rings. The Balaban J connectivity index is 0. The zero-order valence-electron chi connectivity index (χ0n) is 18.3. The summed E-state index contributed by atoms with van der Waals surface area (Å²) in [6.45, 7) is 29.2. The van der Waals surface area contributed by atoms with Crippen molar-refractivity contribution in [3.05, 3.63) is 0 Å². The van der Waals surface area contributed by atoms with Gasteiger partial charge in [-0.3, -0.25) is 9.59 Å². The molecular weight excluding hydrogens is 284 g/mol. The summed E-state index contributed by atoms with van der Waals surface area (Å²) in [4.78, 5) is 22.9. The van der Waals surface area contributed by atoms with Gasteiger partial charge in [0, 0.05) is 10.8 Å². The van der Waals surface area contributed by atoms with Crippen LogP contribution in [0.2, 0.25) is 0 Å². The number of Topliss-reactive ketones (excluding diaryl/α,β-unsaturated/α-hetero) is 2. The van der Waals surface area contributed by atoms with E-state index >= 15 is 0 Å². The summed E-state index contributed by atoms with van der Waals surface area (Å²) in [5.41, 5.74) is 0.0330. The molecule has 0 radical (unpaired) electrons. The van der Waals surface area contributed by atoms with Crippen LogP contribution < -0.4 is 0 Å². The molecule has 0 unspecified atom stereocenters. The largest absolute Gasteiger partial charge is 0.290 e. The molecule has 23 heavy (non-hydrogen) atoms. The maximum Gasteiger partial charge on any atom is 0.204 e. The van der Waals surface area contributed by atoms with E-state index in [4.69, 9.17) is 0 Å². The van der Waals surface area contributed by atoms with Crippen LogP contribution in [0.5, 0.6) is 0 Å². The number of hydrogen-bond acceptors (Lipinski definition) is 2. The van der Waals surface area contributed by atoms with Gasteiger partial charge in [0.15, 0.2) is 0 Å². The van der Waals surface area contributed by atoms with E-state index in [-0.39, 0.29) is 11.6 Å². The predicted molar refractivity (Wildman–Crippen MR) is 102 cm³/mol. The predicted octanol–water partition coefficient (Wildman–Crippen LogP) is 6.32. The van der Waals surface area contributed by atoms with Crippen LogP contribution >= 0.6 is 0 Å². The Morgan fingerprint density at radius 2 is 0.609 bits per heavy atom. The second-order valence-electron chi connectivity index (χ2n) is 11.3. The van der Waals surface area contributed by atoms with E-state index < -0.39 is 10.8 Å². The molecule has 0 atom stereocenters. The zero-order valence-corrected chi connectivity index (χ0v) is 18.3. The molecule has 0 aliphatic rings. The van der Waals surface area contributed by atoms with Crippen LogP contribution in [0, 0.1) is 27.1 Å². The van der Waals surface area contributed by atoms with Crippen molar-refractivity contribution in [2.45, 2.75) is 96.9 Å². The fourth-order valence-corrected chi connectivity index (χ4v) is 1.81. The summed E-state index contributed by atoms with van der Waals surface area (Å²) in [5, 5.41) is 0. The Morgan fingerprint density at radius 3 is 0.652 bits per heavy atom. The molecule has 0 saturated heterocycles. The average Bonchev–Trinajstić information content (AvgIpc) is 2.22. The Labute approximate surface area is 145 Å². The number of rotatable bonds is 1. The zero-order chi connectivity index (χ0) is 19.7. The van der Waals surface area contributed by atoms with Crippen LogP contribution in [0.3, 0.4) is 0 Å². The third-order valence-corrected chi connectivity index (χ3v) is 5.32. The Morgan fingerprint density at radius 1 is 0.435 bits per heavy atom. The van der Waals surface area contributed by atoms with E-state index in [0.29, 0.717) is 16.2 Å². The number of hydrogen-bond donors (Lipinski definition) is 0. The summed E-state index contributed by atoms with van der Waals surface area (Å²) in [7, 11) is 0. The summed E-state index contributed by atoms with van der Waals surface area (Å²) in [6, 6.07) is 0. The van der Waals surface area contributed by atoms with E-state index in [2.05, 4.69) is 55.4 Å². The van der Waals surface area contributed by atoms with E-state index in [1.165, 1.54) is 0 Å². The van der Waals surface area contributed by atoms with Crippen LogP contribution in [0.4, 0.5) is 0 Å². The molecule has 0 amide bonds. The van der Waals surface area contributed by atoms with Gasteiger partial charge in [-0.25, -0.2) is 0 Å². The monoisotopic (exact) mass is 326 g/mol. The molecule has 0 aromatic heterocycles. The van der Waals surface area contributed by atoms with Crippen LogP contribution in [0.15, 0.2) is 0 Å². The van der Waals surface area contributed by atoms with Gasteiger partial charge in [0.05, 0.1) is 0 Å². The van der Waals surface area contributed by atoms with Crippen molar-refractivity contribution < 1.29 is 9.59 Å². The molecule has 0 aliphatic carbocycles. The Bertz CT molecular complexity index is 373. The molecule has 0 bridgehead atoms. The Kier molecular flexibility index (Phi) is 7.56. The van der Waals surface area contributed by atoms with Gasteiger partial charge in [0.2, 0.25) is 11.6 Å². The normalized spacial score (nSPS) is 14.0. The van der Waals surface area contributed by atoms with Crippen LogP contribution in [0.1, 0.15) is 96.9 Å². The lowest BCUT2D eigenvalue weighted by Gasteiger charge is -2.49. The maximum absolute atomic E-state index is 11.5. The maximum atomic E-state index is 11.5. The van der Waals surface area contributed by atoms with E-state index in [0.717, 1.165) is 0 Å². The highest BCUT2D eigenvalue weighted by Crippen LogP contribution is 2.50. The fourth-order valence-electron chi connectivity index (χ4n) is 1.81. The van der Waals surface area contributed by atoms with Crippen molar-refractivity contribution in [2.75, 3.05) is 0 Å². The molecule has 0 saturated carbocycles. The third kappa shape index (κ3) is 7.18. The van der Waals surface area contributed by atoms with E-state index in [1.54, 1.807) is 41.5 Å². The summed E-state index contributed by atoms with van der Waals surface area (Å²) < 4.78 is 0. The molecule has 0 aromatic carbocycles. The second-order valence-corrected chi connectivity index (χ2v) is 11.3. The lowest BCUT2D eigenvalue weighted by atomic mass is 9.56. The smallest absolute Gasteiger partial charge is 0.204 e. The van der Waals surface area contributed by atoms with Crippen LogP contribution in [0.25, 0.3) is 0 Å². The van der Waals surface area contributed by atoms with Gasteiger partial charge in [-0.05, 0) is 16.2 Å². The molecule has 0 aromatic rings. The molecule has 2 nitrogen and oxygen atoms in total. The van der Waals surface area contributed by atoms with E-state index in [9.17, 15) is 9.59 Å². The first-order valence-electron chi connectivity index (χ1n) is 8.66. The first-order chi connectivity index (χ1) is 9.57. The topological polar surface area (TPSA) is 34.1 Å². The highest BCUT2D eigenvalue weighted by molar-refractivity contribution is 6.40. The van der Waals surface area contributed by atoms with Crippen molar-refractivity contribution in [1.29, 1.82) is 0 Å². The fraction of sp³-hybridized carbons (Fsp3) is 0.905. The van der Waals surface area contributed by atoms with Crippen molar-refractivity contribution in [2.24, 2.45) is 27.1 Å². The van der Waals surface area contributed by atoms with Crippen molar-refractivity contribution in [3.63, 3.8) is 0 Å². The third-order valence-electron chi connectivity index (χ3n) is 5.32. The second kappa shape index (κ2) is 7.07. The van der Waals surface area contributed by atoms with Crippen molar-refractivity contribution in [1.82, 2.24) is 0 Å². The van der Waals surface area contributed by atoms with E-state index in [1.807, 2.05) is 0 Å². The first kappa shape index (κ1) is 24.6. The number of carbonyl (C=O) groups is 2. The van der Waals surface area contributed by atoms with Crippen LogP contribution in [-0.4, -0.2) is 11.6 Å². The lowest BCUT2D eigenvalue weighted by molar-refractivity contribution is -0.145. The average molecular weight is 327 g/mol. The summed E-state index contributed by atoms with van der Waals surface area (Å²) in [5.74, 6) is -0.565. The highest BCUT2D eigenvalue weighted by atomic mass is 16.2. The van der Waals surface area contributed by atoms with Crippen LogP contribution in [-0.2, 0) is 9.59 Å². The quantitative estimate of drug-likeness (QED) is 0.528. The van der Waals surface area contributed by atoms with Crippen molar-refractivity contribution >= 4 is 11.6 Å². The summed E-state index contributed by atoms with van der Waals surface area (Å²) >= 11 is 0. The molecule has 0 aliphatic heterocycles. The Hall–Kier alpha value is -0.660. The van der Waals surface area contributed by atoms with Gasteiger partial charge in [-0.2, -0.15) is 0 Å². The first-order valence-corrected chi connectivity index (χ1v) is 8.66. The molecule has 2 heteroatoms. The standard InChI is InChI=1S/C11H24.C10H18O2/c1-9(2,3)11(7,8)10(4,5)6;1-9(2,3)7(11)8(12)10(4,5)6/h1-8H3;1-6H3. The molecule has 0 spiro atoms. The molecular formula is C21H42O2. The summed E-state index contributed by atoms with van der Waals surface area (Å²) in [6.07, 6.45) is 0.